The second-order valence-electron chi connectivity index (χ2n) is 7.20. The van der Waals surface area contributed by atoms with E-state index in [1.807, 2.05) is 5.32 Å². The van der Waals surface area contributed by atoms with E-state index in [9.17, 15) is 28.0 Å². The maximum absolute atomic E-state index is 14.7. The number of carbonyl (C=O) groups is 4. The van der Waals surface area contributed by atoms with Crippen molar-refractivity contribution >= 4 is 35.1 Å². The van der Waals surface area contributed by atoms with Gasteiger partial charge in [-0.25, -0.2) is 0 Å². The molecule has 2 heterocycles. The third kappa shape index (κ3) is 4.14. The van der Waals surface area contributed by atoms with Crippen molar-refractivity contribution in [3.8, 4) is 0 Å². The first-order chi connectivity index (χ1) is 17.0. The number of carbonyl (C=O) groups excluding carboxylic acids is 4. The Balaban J connectivity index is 1.60. The number of nitrogens with zero attached hydrogens (tertiary/aromatic N) is 1. The fourth-order valence-corrected chi connectivity index (χ4v) is 3.54. The first-order valence-electron chi connectivity index (χ1n) is 12.0. The van der Waals surface area contributed by atoms with Crippen molar-refractivity contribution < 1.29 is 34.8 Å². The molecule has 4 rings (SSSR count). The molecule has 0 aromatic heterocycles. The summed E-state index contributed by atoms with van der Waals surface area (Å²) in [7, 11) is 0. The number of halogens is 3. The summed E-state index contributed by atoms with van der Waals surface area (Å²) in [6.07, 6.45) is -7.34. The number of hydrogen-bond acceptors (Lipinski definition) is 4. The SMILES string of the molecule is [2H]C([2H])(CC(=O)C(F)(F)c1ccc(Cl)cc1)c1ccc2c(c1)CN([C@]1([2H])C(=O)NC(=O)CC1([2H])[2H])C2=O. The van der Waals surface area contributed by atoms with Gasteiger partial charge in [0, 0.05) is 41.0 Å². The highest BCUT2D eigenvalue weighted by Gasteiger charge is 2.41. The monoisotopic (exact) mass is 465 g/mol. The molecule has 0 radical (unpaired) electrons. The van der Waals surface area contributed by atoms with Gasteiger partial charge in [-0.15, -0.1) is 0 Å². The van der Waals surface area contributed by atoms with Gasteiger partial charge < -0.3 is 4.90 Å². The number of amides is 3. The Bertz CT molecular complexity index is 1340. The summed E-state index contributed by atoms with van der Waals surface area (Å²) in [6.45, 7) is -0.475. The van der Waals surface area contributed by atoms with Crippen molar-refractivity contribution in [1.29, 1.82) is 0 Å². The molecule has 2 aliphatic rings. The Morgan fingerprint density at radius 3 is 2.66 bits per heavy atom. The maximum Gasteiger partial charge on any atom is 0.330 e. The minimum Gasteiger partial charge on any atom is -0.322 e. The number of fused-ring (bicyclic) bond motifs is 1. The van der Waals surface area contributed by atoms with Gasteiger partial charge in [0.15, 0.2) is 0 Å². The number of alkyl halides is 2. The molecule has 1 saturated heterocycles. The molecule has 32 heavy (non-hydrogen) atoms. The van der Waals surface area contributed by atoms with Crippen LogP contribution in [0.2, 0.25) is 5.02 Å². The van der Waals surface area contributed by atoms with E-state index in [4.69, 9.17) is 18.5 Å². The fourth-order valence-electron chi connectivity index (χ4n) is 3.42. The van der Waals surface area contributed by atoms with Gasteiger partial charge >= 0.3 is 5.92 Å². The van der Waals surface area contributed by atoms with Crippen molar-refractivity contribution in [3.05, 3.63) is 69.7 Å². The lowest BCUT2D eigenvalue weighted by Crippen LogP contribution is -2.52. The van der Waals surface area contributed by atoms with Crippen molar-refractivity contribution in [2.45, 2.75) is 44.1 Å². The van der Waals surface area contributed by atoms with E-state index in [1.54, 1.807) is 0 Å². The predicted molar refractivity (Wildman–Crippen MR) is 111 cm³/mol. The Morgan fingerprint density at radius 2 is 1.97 bits per heavy atom. The predicted octanol–water partition coefficient (Wildman–Crippen LogP) is 3.39. The van der Waals surface area contributed by atoms with Gasteiger partial charge in [-0.2, -0.15) is 8.78 Å². The highest BCUT2D eigenvalue weighted by Crippen LogP contribution is 2.32. The fraction of sp³-hybridized carbons (Fsp3) is 0.304. The lowest BCUT2D eigenvalue weighted by Gasteiger charge is -2.29. The summed E-state index contributed by atoms with van der Waals surface area (Å²) < 4.78 is 70.7. The van der Waals surface area contributed by atoms with Crippen LogP contribution in [0.4, 0.5) is 8.78 Å². The van der Waals surface area contributed by atoms with Crippen LogP contribution in [0, 0.1) is 0 Å². The standard InChI is InChI=1S/C23H19ClF2N2O4/c24-16-5-3-15(4-6-16)23(25,26)19(29)9-2-13-1-7-17-14(11-13)12-28(22(17)32)18-8-10-20(30)27-21(18)31/h1,3-7,11,18H,2,8-10,12H2,(H,27,30,31)/t18-/m0/s1/i2D2,8D2,18D. The average Bonchev–Trinajstić information content (AvgIpc) is 3.13. The highest BCUT2D eigenvalue weighted by atomic mass is 35.5. The Kier molecular flexibility index (Phi) is 4.34. The highest BCUT2D eigenvalue weighted by molar-refractivity contribution is 6.30. The molecule has 3 amide bonds. The van der Waals surface area contributed by atoms with E-state index in [0.717, 1.165) is 30.3 Å². The van der Waals surface area contributed by atoms with Crippen LogP contribution < -0.4 is 5.32 Å². The van der Waals surface area contributed by atoms with Gasteiger partial charge in [0.1, 0.15) is 6.02 Å². The molecular formula is C23H19ClF2N2O4. The van der Waals surface area contributed by atoms with E-state index in [0.29, 0.717) is 4.90 Å². The van der Waals surface area contributed by atoms with E-state index >= 15 is 0 Å². The van der Waals surface area contributed by atoms with Crippen LogP contribution in [-0.4, -0.2) is 34.4 Å². The average molecular weight is 466 g/mol. The maximum atomic E-state index is 14.7. The molecular weight excluding hydrogens is 442 g/mol. The van der Waals surface area contributed by atoms with Crippen molar-refractivity contribution in [2.24, 2.45) is 0 Å². The number of benzene rings is 2. The molecule has 2 aliphatic heterocycles. The third-order valence-corrected chi connectivity index (χ3v) is 5.33. The van der Waals surface area contributed by atoms with Gasteiger partial charge in [0.2, 0.25) is 17.6 Å². The largest absolute Gasteiger partial charge is 0.330 e. The molecule has 1 fully saturated rings. The number of hydrogen-bond donors (Lipinski definition) is 1. The molecule has 0 bridgehead atoms. The molecule has 1 atom stereocenters. The van der Waals surface area contributed by atoms with Gasteiger partial charge in [0.05, 0.1) is 1.37 Å². The van der Waals surface area contributed by atoms with Crippen LogP contribution in [0.15, 0.2) is 42.5 Å². The zero-order valence-corrected chi connectivity index (χ0v) is 17.1. The van der Waals surface area contributed by atoms with Crippen molar-refractivity contribution in [3.63, 3.8) is 0 Å². The molecule has 6 nitrogen and oxygen atoms in total. The topological polar surface area (TPSA) is 83.6 Å². The molecule has 2 aromatic carbocycles. The van der Waals surface area contributed by atoms with Crippen molar-refractivity contribution in [1.82, 2.24) is 10.2 Å². The molecule has 1 N–H and O–H groups in total. The van der Waals surface area contributed by atoms with E-state index in [1.165, 1.54) is 12.1 Å². The van der Waals surface area contributed by atoms with Gasteiger partial charge in [-0.1, -0.05) is 35.9 Å². The molecule has 2 aromatic rings. The quantitative estimate of drug-likeness (QED) is 0.663. The number of Topliss-reactive ketones (excluding diaryl/α,β-unsaturated/α-hetero) is 1. The normalized spacial score (nSPS) is 25.2. The Hall–Kier alpha value is -3.13. The van der Waals surface area contributed by atoms with Crippen LogP contribution in [-0.2, 0) is 33.2 Å². The van der Waals surface area contributed by atoms with Crippen LogP contribution in [0.1, 0.15) is 53.1 Å². The minimum absolute atomic E-state index is 0.0514. The second kappa shape index (κ2) is 8.43. The number of piperidine rings is 1. The van der Waals surface area contributed by atoms with Crippen LogP contribution in [0.3, 0.4) is 0 Å². The smallest absolute Gasteiger partial charge is 0.322 e. The molecule has 0 saturated carbocycles. The second-order valence-corrected chi connectivity index (χ2v) is 7.64. The lowest BCUT2D eigenvalue weighted by atomic mass is 9.97. The molecule has 0 unspecified atom stereocenters. The number of aryl methyl sites for hydroxylation is 1. The molecule has 9 heteroatoms. The van der Waals surface area contributed by atoms with E-state index in [2.05, 4.69) is 0 Å². The summed E-state index contributed by atoms with van der Waals surface area (Å²) in [5.41, 5.74) is -0.793. The summed E-state index contributed by atoms with van der Waals surface area (Å²) in [5, 5.41) is 2.05. The first-order valence-corrected chi connectivity index (χ1v) is 9.85. The zero-order valence-electron chi connectivity index (χ0n) is 21.4. The number of nitrogens with one attached hydrogen (secondary N) is 1. The molecule has 0 aliphatic carbocycles. The van der Waals surface area contributed by atoms with Gasteiger partial charge in [-0.3, -0.25) is 24.5 Å². The number of imide groups is 1. The first kappa shape index (κ1) is 16.5. The molecule has 166 valence electrons. The summed E-state index contributed by atoms with van der Waals surface area (Å²) in [5.74, 6) is -8.81. The zero-order chi connectivity index (χ0) is 27.6. The third-order valence-electron chi connectivity index (χ3n) is 5.07. The summed E-state index contributed by atoms with van der Waals surface area (Å²) in [4.78, 5) is 50.2. The van der Waals surface area contributed by atoms with E-state index < -0.39 is 73.1 Å². The Labute approximate surface area is 194 Å². The van der Waals surface area contributed by atoms with Crippen LogP contribution in [0.5, 0.6) is 0 Å². The van der Waals surface area contributed by atoms with Crippen LogP contribution >= 0.6 is 11.6 Å². The van der Waals surface area contributed by atoms with Gasteiger partial charge in [-0.05, 0) is 42.1 Å². The lowest BCUT2D eigenvalue weighted by molar-refractivity contribution is -0.144. The summed E-state index contributed by atoms with van der Waals surface area (Å²) in [6, 6.07) is 4.96. The van der Waals surface area contributed by atoms with Gasteiger partial charge in [0.25, 0.3) is 5.91 Å². The Morgan fingerprint density at radius 1 is 1.25 bits per heavy atom. The number of rotatable bonds is 6. The molecule has 0 spiro atoms. The van der Waals surface area contributed by atoms with Crippen LogP contribution in [0.25, 0.3) is 0 Å². The van der Waals surface area contributed by atoms with Crippen molar-refractivity contribution in [2.75, 3.05) is 0 Å². The minimum atomic E-state index is -3.99. The summed E-state index contributed by atoms with van der Waals surface area (Å²) >= 11 is 5.70. The van der Waals surface area contributed by atoms with E-state index in [-0.39, 0.29) is 21.7 Å². The number of ketones is 1.